The molecule has 1 amide bonds. The van der Waals surface area contributed by atoms with E-state index >= 15 is 0 Å². The lowest BCUT2D eigenvalue weighted by Crippen LogP contribution is -2.45. The van der Waals surface area contributed by atoms with E-state index in [2.05, 4.69) is 22.2 Å². The maximum absolute atomic E-state index is 13.4. The van der Waals surface area contributed by atoms with Gasteiger partial charge in [0.2, 0.25) is 0 Å². The van der Waals surface area contributed by atoms with Crippen molar-refractivity contribution in [2.24, 2.45) is 0 Å². The number of likely N-dealkylation sites (N-methyl/N-ethyl adjacent to an activating group) is 1. The molecule has 0 bridgehead atoms. The van der Waals surface area contributed by atoms with Crippen LogP contribution >= 0.6 is 0 Å². The number of benzene rings is 2. The molecule has 0 saturated carbocycles. The van der Waals surface area contributed by atoms with E-state index in [1.807, 2.05) is 61.0 Å². The second-order valence-corrected chi connectivity index (χ2v) is 9.78. The molecule has 2 aromatic carbocycles. The number of aromatic nitrogens is 2. The van der Waals surface area contributed by atoms with Crippen LogP contribution < -0.4 is 14.8 Å². The van der Waals surface area contributed by atoms with Crippen LogP contribution in [-0.4, -0.2) is 78.0 Å². The Labute approximate surface area is 206 Å². The topological polar surface area (TPSA) is 71.9 Å². The number of anilines is 1. The SMILES string of the molecule is COc1c(C(=O)Nc2nn(CCN3CCN(C)CC3)c3ccccc23)ccc2c1C=CC(C)(C)O2. The number of carbonyl (C=O) groups is 1. The number of ether oxygens (including phenoxy) is 2. The first-order valence-electron chi connectivity index (χ1n) is 12.1. The third-order valence-corrected chi connectivity index (χ3v) is 6.74. The monoisotopic (exact) mass is 475 g/mol. The molecular formula is C27H33N5O3. The zero-order chi connectivity index (χ0) is 24.6. The molecule has 184 valence electrons. The molecule has 0 spiro atoms. The number of methoxy groups -OCH3 is 1. The highest BCUT2D eigenvalue weighted by molar-refractivity contribution is 6.10. The molecule has 8 nitrogen and oxygen atoms in total. The van der Waals surface area contributed by atoms with Gasteiger partial charge in [0, 0.05) is 38.1 Å². The number of fused-ring (bicyclic) bond motifs is 2. The van der Waals surface area contributed by atoms with Crippen LogP contribution in [0.3, 0.4) is 0 Å². The highest BCUT2D eigenvalue weighted by Crippen LogP contribution is 2.39. The van der Waals surface area contributed by atoms with E-state index in [1.165, 1.54) is 0 Å². The number of para-hydroxylation sites is 1. The maximum atomic E-state index is 13.4. The molecule has 0 atom stereocenters. The minimum absolute atomic E-state index is 0.266. The van der Waals surface area contributed by atoms with Crippen molar-refractivity contribution in [1.82, 2.24) is 19.6 Å². The first-order valence-corrected chi connectivity index (χ1v) is 12.1. The standard InChI is InChI=1S/C27H33N5O3/c1-27(2)12-11-20-23(35-27)10-9-21(24(20)34-4)26(33)28-25-19-7-5-6-8-22(19)32(29-25)18-17-31-15-13-30(3)14-16-31/h5-12H,13-18H2,1-4H3,(H,28,29,33). The van der Waals surface area contributed by atoms with Gasteiger partial charge in [0.1, 0.15) is 17.1 Å². The molecule has 2 aliphatic heterocycles. The smallest absolute Gasteiger partial charge is 0.260 e. The van der Waals surface area contributed by atoms with Gasteiger partial charge >= 0.3 is 0 Å². The lowest BCUT2D eigenvalue weighted by molar-refractivity contribution is 0.102. The summed E-state index contributed by atoms with van der Waals surface area (Å²) in [4.78, 5) is 18.2. The van der Waals surface area contributed by atoms with Gasteiger partial charge in [-0.2, -0.15) is 5.10 Å². The number of piperazine rings is 1. The van der Waals surface area contributed by atoms with E-state index < -0.39 is 5.60 Å². The lowest BCUT2D eigenvalue weighted by atomic mass is 9.99. The Bertz CT molecular complexity index is 1270. The fraction of sp³-hybridized carbons (Fsp3) is 0.407. The van der Waals surface area contributed by atoms with Gasteiger partial charge in [0.25, 0.3) is 5.91 Å². The molecule has 3 heterocycles. The summed E-state index contributed by atoms with van der Waals surface area (Å²) in [5.41, 5.74) is 1.81. The summed E-state index contributed by atoms with van der Waals surface area (Å²) >= 11 is 0. The van der Waals surface area contributed by atoms with E-state index in [9.17, 15) is 4.79 Å². The molecule has 0 unspecified atom stereocenters. The molecule has 8 heteroatoms. The average molecular weight is 476 g/mol. The molecule has 2 aliphatic rings. The quantitative estimate of drug-likeness (QED) is 0.586. The predicted molar refractivity (Wildman–Crippen MR) is 138 cm³/mol. The van der Waals surface area contributed by atoms with Crippen molar-refractivity contribution < 1.29 is 14.3 Å². The second-order valence-electron chi connectivity index (χ2n) is 9.78. The van der Waals surface area contributed by atoms with Crippen molar-refractivity contribution in [2.75, 3.05) is 52.2 Å². The predicted octanol–water partition coefficient (Wildman–Crippen LogP) is 3.73. The van der Waals surface area contributed by atoms with Crippen LogP contribution in [0, 0.1) is 0 Å². The molecule has 1 fully saturated rings. The summed E-state index contributed by atoms with van der Waals surface area (Å²) < 4.78 is 13.7. The zero-order valence-corrected chi connectivity index (χ0v) is 20.9. The highest BCUT2D eigenvalue weighted by Gasteiger charge is 2.27. The molecule has 0 aliphatic carbocycles. The summed E-state index contributed by atoms with van der Waals surface area (Å²) in [6.07, 6.45) is 3.92. The van der Waals surface area contributed by atoms with Crippen LogP contribution in [0.15, 0.2) is 42.5 Å². The Morgan fingerprint density at radius 1 is 1.11 bits per heavy atom. The van der Waals surface area contributed by atoms with Crippen molar-refractivity contribution in [3.8, 4) is 11.5 Å². The Kier molecular flexibility index (Phi) is 6.25. The first-order chi connectivity index (χ1) is 16.8. The second kappa shape index (κ2) is 9.36. The van der Waals surface area contributed by atoms with E-state index in [0.29, 0.717) is 22.9 Å². The van der Waals surface area contributed by atoms with Crippen molar-refractivity contribution >= 4 is 28.7 Å². The normalized spacial score (nSPS) is 17.7. The third-order valence-electron chi connectivity index (χ3n) is 6.74. The minimum atomic E-state index is -0.405. The lowest BCUT2D eigenvalue weighted by Gasteiger charge is -2.32. The Morgan fingerprint density at radius 3 is 2.66 bits per heavy atom. The van der Waals surface area contributed by atoms with E-state index in [-0.39, 0.29) is 5.91 Å². The Morgan fingerprint density at radius 2 is 1.89 bits per heavy atom. The molecule has 1 N–H and O–H groups in total. The van der Waals surface area contributed by atoms with Crippen molar-refractivity contribution in [2.45, 2.75) is 26.0 Å². The highest BCUT2D eigenvalue weighted by atomic mass is 16.5. The van der Waals surface area contributed by atoms with Gasteiger partial charge < -0.3 is 19.7 Å². The fourth-order valence-electron chi connectivity index (χ4n) is 4.70. The van der Waals surface area contributed by atoms with Crippen LogP contribution in [0.4, 0.5) is 5.82 Å². The molecule has 1 aromatic heterocycles. The van der Waals surface area contributed by atoms with Gasteiger partial charge in [-0.05, 0) is 57.3 Å². The van der Waals surface area contributed by atoms with Gasteiger partial charge in [0.15, 0.2) is 5.82 Å². The molecule has 1 saturated heterocycles. The number of amides is 1. The number of hydrogen-bond donors (Lipinski definition) is 1. The maximum Gasteiger partial charge on any atom is 0.260 e. The summed E-state index contributed by atoms with van der Waals surface area (Å²) in [5.74, 6) is 1.48. The van der Waals surface area contributed by atoms with Crippen LogP contribution in [-0.2, 0) is 6.54 Å². The van der Waals surface area contributed by atoms with Crippen molar-refractivity contribution in [3.63, 3.8) is 0 Å². The zero-order valence-electron chi connectivity index (χ0n) is 20.9. The summed E-state index contributed by atoms with van der Waals surface area (Å²) in [5, 5.41) is 8.73. The molecular weight excluding hydrogens is 442 g/mol. The Hall–Kier alpha value is -3.36. The Balaban J connectivity index is 1.39. The fourth-order valence-corrected chi connectivity index (χ4v) is 4.70. The van der Waals surface area contributed by atoms with Crippen LogP contribution in [0.2, 0.25) is 0 Å². The summed E-state index contributed by atoms with van der Waals surface area (Å²) in [6, 6.07) is 11.6. The van der Waals surface area contributed by atoms with Gasteiger partial charge in [-0.15, -0.1) is 0 Å². The largest absolute Gasteiger partial charge is 0.495 e. The van der Waals surface area contributed by atoms with E-state index in [4.69, 9.17) is 14.6 Å². The molecule has 0 radical (unpaired) electrons. The van der Waals surface area contributed by atoms with Gasteiger partial charge in [-0.1, -0.05) is 12.1 Å². The molecule has 35 heavy (non-hydrogen) atoms. The molecule has 5 rings (SSSR count). The summed E-state index contributed by atoms with van der Waals surface area (Å²) in [6.45, 7) is 9.96. The van der Waals surface area contributed by atoms with Crippen LogP contribution in [0.25, 0.3) is 17.0 Å². The number of carbonyl (C=O) groups excluding carboxylic acids is 1. The van der Waals surface area contributed by atoms with Crippen molar-refractivity contribution in [1.29, 1.82) is 0 Å². The molecule has 3 aromatic rings. The van der Waals surface area contributed by atoms with Gasteiger partial charge in [0.05, 0.1) is 30.3 Å². The first kappa shape index (κ1) is 23.4. The van der Waals surface area contributed by atoms with Gasteiger partial charge in [-0.3, -0.25) is 14.4 Å². The third kappa shape index (κ3) is 4.76. The number of hydrogen-bond acceptors (Lipinski definition) is 6. The average Bonchev–Trinajstić information content (AvgIpc) is 3.19. The van der Waals surface area contributed by atoms with E-state index in [1.54, 1.807) is 13.2 Å². The van der Waals surface area contributed by atoms with Crippen LogP contribution in [0.5, 0.6) is 11.5 Å². The number of rotatable bonds is 6. The number of nitrogens with zero attached hydrogens (tertiary/aromatic N) is 4. The van der Waals surface area contributed by atoms with E-state index in [0.717, 1.165) is 55.7 Å². The summed E-state index contributed by atoms with van der Waals surface area (Å²) in [7, 11) is 3.73. The van der Waals surface area contributed by atoms with Crippen LogP contribution in [0.1, 0.15) is 29.8 Å². The minimum Gasteiger partial charge on any atom is -0.495 e. The van der Waals surface area contributed by atoms with Gasteiger partial charge in [-0.25, -0.2) is 0 Å². The number of nitrogens with one attached hydrogen (secondary N) is 1. The van der Waals surface area contributed by atoms with Crippen molar-refractivity contribution in [3.05, 3.63) is 53.6 Å².